The Hall–Kier alpha value is -1.28. The second-order valence-electron chi connectivity index (χ2n) is 4.86. The first-order chi connectivity index (χ1) is 11.2. The Balaban J connectivity index is 2.23. The number of benzene rings is 2. The highest BCUT2D eigenvalue weighted by molar-refractivity contribution is 8.76. The van der Waals surface area contributed by atoms with Gasteiger partial charge in [0.2, 0.25) is 0 Å². The third-order valence-electron chi connectivity index (χ3n) is 3.05. The van der Waals surface area contributed by atoms with Crippen LogP contribution in [-0.4, -0.2) is 12.4 Å². The first-order valence-corrected chi connectivity index (χ1v) is 9.02. The van der Waals surface area contributed by atoms with Gasteiger partial charge in [-0.3, -0.25) is 0 Å². The van der Waals surface area contributed by atoms with Crippen molar-refractivity contribution in [2.24, 2.45) is 0 Å². The second kappa shape index (κ2) is 7.74. The van der Waals surface area contributed by atoms with Gasteiger partial charge in [0.05, 0.1) is 0 Å². The van der Waals surface area contributed by atoms with Gasteiger partial charge < -0.3 is 0 Å². The van der Waals surface area contributed by atoms with Gasteiger partial charge in [-0.25, -0.2) is 0 Å². The maximum Gasteiger partial charge on any atom is 0.405 e. The smallest absolute Gasteiger partial charge is 0.169 e. The molecule has 0 nitrogen and oxygen atoms in total. The van der Waals surface area contributed by atoms with Gasteiger partial charge in [0, 0.05) is 0 Å². The summed E-state index contributed by atoms with van der Waals surface area (Å²) in [6.07, 6.45) is -9.29. The number of hydrogen-bond donors (Lipinski definition) is 0. The van der Waals surface area contributed by atoms with Gasteiger partial charge in [-0.2, -0.15) is 26.3 Å². The van der Waals surface area contributed by atoms with Crippen molar-refractivity contribution in [2.75, 3.05) is 0 Å². The van der Waals surface area contributed by atoms with Crippen LogP contribution in [0.15, 0.2) is 60.7 Å². The summed E-state index contributed by atoms with van der Waals surface area (Å²) < 4.78 is 79.4. The van der Waals surface area contributed by atoms with Gasteiger partial charge in [-0.1, -0.05) is 82.3 Å². The van der Waals surface area contributed by atoms with Gasteiger partial charge in [-0.05, 0) is 11.1 Å². The van der Waals surface area contributed by atoms with Crippen LogP contribution in [0, 0.1) is 0 Å². The third kappa shape index (κ3) is 5.11. The molecule has 0 aliphatic heterocycles. The van der Waals surface area contributed by atoms with Crippen LogP contribution in [-0.2, 0) is 0 Å². The van der Waals surface area contributed by atoms with E-state index in [4.69, 9.17) is 0 Å². The van der Waals surface area contributed by atoms with Crippen molar-refractivity contribution in [2.45, 2.75) is 22.9 Å². The highest BCUT2D eigenvalue weighted by Gasteiger charge is 2.46. The zero-order chi connectivity index (χ0) is 17.8. The molecule has 0 aliphatic rings. The minimum absolute atomic E-state index is 0.0727. The van der Waals surface area contributed by atoms with E-state index >= 15 is 0 Å². The Bertz CT molecular complexity index is 567. The van der Waals surface area contributed by atoms with E-state index in [0.29, 0.717) is 0 Å². The number of rotatable bonds is 5. The van der Waals surface area contributed by atoms with E-state index in [-0.39, 0.29) is 32.7 Å². The summed E-state index contributed by atoms with van der Waals surface area (Å²) in [5.41, 5.74) is -0.145. The van der Waals surface area contributed by atoms with Crippen LogP contribution in [0.25, 0.3) is 0 Å². The van der Waals surface area contributed by atoms with Crippen LogP contribution in [0.2, 0.25) is 0 Å². The molecular formula is C16H12F6S2. The molecule has 8 heteroatoms. The molecule has 130 valence electrons. The molecule has 2 rings (SSSR count). The molecule has 0 radical (unpaired) electrons. The standard InChI is InChI=1S/C16H12F6S2/c17-15(18,19)13(11-7-3-1-4-8-11)23-24-14(16(20,21)22)12-9-5-2-6-10-12/h1-10,13-14H. The first-order valence-electron chi connectivity index (χ1n) is 6.75. The summed E-state index contributed by atoms with van der Waals surface area (Å²) in [7, 11) is 0.366. The fourth-order valence-electron chi connectivity index (χ4n) is 1.96. The summed E-state index contributed by atoms with van der Waals surface area (Å²) in [4.78, 5) is 0. The number of alkyl halides is 6. The van der Waals surface area contributed by atoms with Crippen LogP contribution in [0.1, 0.15) is 21.6 Å². The Labute approximate surface area is 143 Å². The van der Waals surface area contributed by atoms with Crippen LogP contribution >= 0.6 is 21.6 Å². The van der Waals surface area contributed by atoms with E-state index in [9.17, 15) is 26.3 Å². The van der Waals surface area contributed by atoms with Crippen molar-refractivity contribution in [3.63, 3.8) is 0 Å². The van der Waals surface area contributed by atoms with Crippen LogP contribution < -0.4 is 0 Å². The summed E-state index contributed by atoms with van der Waals surface area (Å²) in [5.74, 6) is 0. The largest absolute Gasteiger partial charge is 0.405 e. The Kier molecular flexibility index (Phi) is 6.14. The Morgan fingerprint density at radius 3 is 1.08 bits per heavy atom. The lowest BCUT2D eigenvalue weighted by atomic mass is 10.1. The SMILES string of the molecule is FC(F)(F)C(SSC(c1ccccc1)C(F)(F)F)c1ccccc1. The predicted octanol–water partition coefficient (Wildman–Crippen LogP) is 6.98. The minimum Gasteiger partial charge on any atom is -0.169 e. The van der Waals surface area contributed by atoms with E-state index in [1.165, 1.54) is 48.5 Å². The lowest BCUT2D eigenvalue weighted by Crippen LogP contribution is -2.20. The van der Waals surface area contributed by atoms with E-state index in [1.54, 1.807) is 12.1 Å². The summed E-state index contributed by atoms with van der Waals surface area (Å²) in [6, 6.07) is 13.9. The molecule has 0 bridgehead atoms. The summed E-state index contributed by atoms with van der Waals surface area (Å²) >= 11 is 0. The summed E-state index contributed by atoms with van der Waals surface area (Å²) in [6.45, 7) is 0. The molecule has 0 heterocycles. The predicted molar refractivity (Wildman–Crippen MR) is 85.7 cm³/mol. The maximum atomic E-state index is 13.2. The van der Waals surface area contributed by atoms with Crippen LogP contribution in [0.4, 0.5) is 26.3 Å². The summed E-state index contributed by atoms with van der Waals surface area (Å²) in [5, 5.41) is -4.06. The normalized spacial score (nSPS) is 15.1. The monoisotopic (exact) mass is 382 g/mol. The van der Waals surface area contributed by atoms with E-state index in [2.05, 4.69) is 0 Å². The van der Waals surface area contributed by atoms with E-state index in [1.807, 2.05) is 0 Å². The molecule has 0 aliphatic carbocycles. The molecule has 24 heavy (non-hydrogen) atoms. The average Bonchev–Trinajstić information content (AvgIpc) is 2.51. The van der Waals surface area contributed by atoms with Gasteiger partial charge in [0.25, 0.3) is 0 Å². The van der Waals surface area contributed by atoms with Crippen LogP contribution in [0.5, 0.6) is 0 Å². The highest BCUT2D eigenvalue weighted by atomic mass is 33.1. The zero-order valence-electron chi connectivity index (χ0n) is 12.0. The van der Waals surface area contributed by atoms with Crippen molar-refractivity contribution in [1.82, 2.24) is 0 Å². The van der Waals surface area contributed by atoms with Crippen molar-refractivity contribution in [3.8, 4) is 0 Å². The van der Waals surface area contributed by atoms with Crippen molar-refractivity contribution in [3.05, 3.63) is 71.8 Å². The molecule has 0 saturated carbocycles. The average molecular weight is 382 g/mol. The molecule has 2 aromatic rings. The Morgan fingerprint density at radius 1 is 0.542 bits per heavy atom. The highest BCUT2D eigenvalue weighted by Crippen LogP contribution is 2.56. The van der Waals surface area contributed by atoms with Crippen molar-refractivity contribution >= 4 is 21.6 Å². The quantitative estimate of drug-likeness (QED) is 0.404. The zero-order valence-corrected chi connectivity index (χ0v) is 13.6. The maximum absolute atomic E-state index is 13.2. The van der Waals surface area contributed by atoms with Gasteiger partial charge in [0.1, 0.15) is 10.5 Å². The third-order valence-corrected chi connectivity index (χ3v) is 6.11. The molecule has 2 atom stereocenters. The van der Waals surface area contributed by atoms with Crippen LogP contribution in [0.3, 0.4) is 0 Å². The molecular weight excluding hydrogens is 370 g/mol. The molecule has 0 N–H and O–H groups in total. The fourth-order valence-corrected chi connectivity index (χ4v) is 4.93. The lowest BCUT2D eigenvalue weighted by molar-refractivity contribution is -0.131. The molecule has 0 fully saturated rings. The van der Waals surface area contributed by atoms with E-state index < -0.39 is 22.9 Å². The molecule has 2 unspecified atom stereocenters. The van der Waals surface area contributed by atoms with Crippen molar-refractivity contribution in [1.29, 1.82) is 0 Å². The number of hydrogen-bond acceptors (Lipinski definition) is 2. The molecule has 0 saturated heterocycles. The number of halogens is 6. The lowest BCUT2D eigenvalue weighted by Gasteiger charge is -2.24. The molecule has 2 aromatic carbocycles. The fraction of sp³-hybridized carbons (Fsp3) is 0.250. The topological polar surface area (TPSA) is 0 Å². The van der Waals surface area contributed by atoms with Gasteiger partial charge in [0.15, 0.2) is 0 Å². The first kappa shape index (κ1) is 19.1. The van der Waals surface area contributed by atoms with E-state index in [0.717, 1.165) is 0 Å². The Morgan fingerprint density at radius 2 is 0.833 bits per heavy atom. The molecule has 0 amide bonds. The second-order valence-corrected chi connectivity index (χ2v) is 7.34. The molecule has 0 spiro atoms. The van der Waals surface area contributed by atoms with Gasteiger partial charge >= 0.3 is 12.4 Å². The minimum atomic E-state index is -4.65. The van der Waals surface area contributed by atoms with Crippen molar-refractivity contribution < 1.29 is 26.3 Å². The molecule has 0 aromatic heterocycles. The van der Waals surface area contributed by atoms with Gasteiger partial charge in [-0.15, -0.1) is 0 Å².